The van der Waals surface area contributed by atoms with Crippen LogP contribution in [-0.2, 0) is 6.42 Å². The molecule has 0 aromatic carbocycles. The number of fused-ring (bicyclic) bond motifs is 1. The minimum Gasteiger partial charge on any atom is -0.329 e. The highest BCUT2D eigenvalue weighted by atomic mass is 32.1. The lowest BCUT2D eigenvalue weighted by Gasteiger charge is -2.13. The van der Waals surface area contributed by atoms with Crippen LogP contribution in [0.5, 0.6) is 0 Å². The SMILES string of the molecule is Cc1ccc2[nH]c(=S)n(C(C)Cc3ccsc3)c2n1. The molecule has 98 valence electrons. The molecule has 0 fully saturated rings. The Bertz CT molecular complexity index is 753. The van der Waals surface area contributed by atoms with Crippen LogP contribution in [0.4, 0.5) is 0 Å². The summed E-state index contributed by atoms with van der Waals surface area (Å²) in [6.07, 6.45) is 0.973. The van der Waals surface area contributed by atoms with Gasteiger partial charge in [-0.2, -0.15) is 11.3 Å². The van der Waals surface area contributed by atoms with Gasteiger partial charge in [0.2, 0.25) is 0 Å². The summed E-state index contributed by atoms with van der Waals surface area (Å²) < 4.78 is 2.87. The molecular formula is C14H15N3S2. The average molecular weight is 289 g/mol. The van der Waals surface area contributed by atoms with Gasteiger partial charge in [-0.15, -0.1) is 0 Å². The van der Waals surface area contributed by atoms with E-state index < -0.39 is 0 Å². The van der Waals surface area contributed by atoms with E-state index in [2.05, 4.69) is 38.3 Å². The zero-order chi connectivity index (χ0) is 13.4. The lowest BCUT2D eigenvalue weighted by Crippen LogP contribution is -2.08. The third-order valence-electron chi connectivity index (χ3n) is 3.25. The molecule has 0 aliphatic rings. The Hall–Kier alpha value is -1.46. The zero-order valence-corrected chi connectivity index (χ0v) is 12.5. The van der Waals surface area contributed by atoms with Crippen molar-refractivity contribution in [2.75, 3.05) is 0 Å². The second-order valence-corrected chi connectivity index (χ2v) is 5.98. The summed E-state index contributed by atoms with van der Waals surface area (Å²) in [5.74, 6) is 0. The Kier molecular flexibility index (Phi) is 3.24. The summed E-state index contributed by atoms with van der Waals surface area (Å²) in [4.78, 5) is 7.85. The molecule has 0 spiro atoms. The van der Waals surface area contributed by atoms with Crippen LogP contribution in [0.1, 0.15) is 24.2 Å². The Morgan fingerprint density at radius 1 is 1.42 bits per heavy atom. The summed E-state index contributed by atoms with van der Waals surface area (Å²) in [6, 6.07) is 6.51. The van der Waals surface area contributed by atoms with Crippen LogP contribution in [0.15, 0.2) is 29.0 Å². The van der Waals surface area contributed by atoms with E-state index >= 15 is 0 Å². The highest BCUT2D eigenvalue weighted by molar-refractivity contribution is 7.71. The van der Waals surface area contributed by atoms with Gasteiger partial charge >= 0.3 is 0 Å². The molecule has 3 aromatic rings. The minimum absolute atomic E-state index is 0.296. The van der Waals surface area contributed by atoms with Gasteiger partial charge < -0.3 is 4.98 Å². The molecule has 19 heavy (non-hydrogen) atoms. The maximum absolute atomic E-state index is 5.44. The van der Waals surface area contributed by atoms with Gasteiger partial charge in [0, 0.05) is 11.7 Å². The maximum atomic E-state index is 5.44. The maximum Gasteiger partial charge on any atom is 0.179 e. The number of aryl methyl sites for hydroxylation is 1. The number of nitrogens with one attached hydrogen (secondary N) is 1. The van der Waals surface area contributed by atoms with E-state index in [1.807, 2.05) is 19.1 Å². The van der Waals surface area contributed by atoms with Crippen LogP contribution in [0.25, 0.3) is 11.2 Å². The molecule has 3 heterocycles. The van der Waals surface area contributed by atoms with Crippen LogP contribution in [0.3, 0.4) is 0 Å². The van der Waals surface area contributed by atoms with Gasteiger partial charge in [-0.25, -0.2) is 4.98 Å². The lowest BCUT2D eigenvalue weighted by molar-refractivity contribution is 0.550. The van der Waals surface area contributed by atoms with Crippen molar-refractivity contribution in [2.45, 2.75) is 26.3 Å². The molecule has 5 heteroatoms. The average Bonchev–Trinajstić information content (AvgIpc) is 2.95. The minimum atomic E-state index is 0.296. The first-order valence-corrected chi connectivity index (χ1v) is 7.59. The zero-order valence-electron chi connectivity index (χ0n) is 10.9. The summed E-state index contributed by atoms with van der Waals surface area (Å²) >= 11 is 7.17. The number of hydrogen-bond acceptors (Lipinski definition) is 3. The van der Waals surface area contributed by atoms with Crippen molar-refractivity contribution in [2.24, 2.45) is 0 Å². The third-order valence-corrected chi connectivity index (χ3v) is 4.29. The Morgan fingerprint density at radius 3 is 3.00 bits per heavy atom. The molecule has 0 saturated heterocycles. The van der Waals surface area contributed by atoms with Crippen LogP contribution in [-0.4, -0.2) is 14.5 Å². The van der Waals surface area contributed by atoms with Crippen molar-refractivity contribution in [3.05, 3.63) is 45.0 Å². The van der Waals surface area contributed by atoms with Crippen molar-refractivity contribution in [1.82, 2.24) is 14.5 Å². The van der Waals surface area contributed by atoms with Gasteiger partial charge in [0.1, 0.15) is 0 Å². The topological polar surface area (TPSA) is 33.6 Å². The predicted octanol–water partition coefficient (Wildman–Crippen LogP) is 4.27. The van der Waals surface area contributed by atoms with Crippen molar-refractivity contribution in [3.8, 4) is 0 Å². The van der Waals surface area contributed by atoms with E-state index in [0.29, 0.717) is 6.04 Å². The molecule has 0 aliphatic heterocycles. The number of thiophene rings is 1. The number of aromatic amines is 1. The molecule has 1 atom stereocenters. The van der Waals surface area contributed by atoms with Crippen LogP contribution < -0.4 is 0 Å². The summed E-state index contributed by atoms with van der Waals surface area (Å²) in [5.41, 5.74) is 4.32. The number of hydrogen-bond donors (Lipinski definition) is 1. The van der Waals surface area contributed by atoms with Gasteiger partial charge in [0.05, 0.1) is 5.52 Å². The first kappa shape index (κ1) is 12.6. The first-order chi connectivity index (χ1) is 9.15. The van der Waals surface area contributed by atoms with E-state index in [0.717, 1.165) is 28.0 Å². The fourth-order valence-electron chi connectivity index (χ4n) is 2.35. The Morgan fingerprint density at radius 2 is 2.26 bits per heavy atom. The molecule has 1 N–H and O–H groups in total. The van der Waals surface area contributed by atoms with E-state index in [1.54, 1.807) is 11.3 Å². The van der Waals surface area contributed by atoms with Gasteiger partial charge in [0.15, 0.2) is 10.4 Å². The van der Waals surface area contributed by atoms with Gasteiger partial charge in [-0.1, -0.05) is 0 Å². The van der Waals surface area contributed by atoms with Crippen LogP contribution in [0.2, 0.25) is 0 Å². The van der Waals surface area contributed by atoms with Gasteiger partial charge in [-0.3, -0.25) is 4.57 Å². The highest BCUT2D eigenvalue weighted by Crippen LogP contribution is 2.21. The third kappa shape index (κ3) is 2.35. The number of rotatable bonds is 3. The van der Waals surface area contributed by atoms with Crippen molar-refractivity contribution < 1.29 is 0 Å². The van der Waals surface area contributed by atoms with E-state index in [9.17, 15) is 0 Å². The van der Waals surface area contributed by atoms with E-state index in [-0.39, 0.29) is 0 Å². The molecular weight excluding hydrogens is 274 g/mol. The molecule has 3 rings (SSSR count). The normalized spacial score (nSPS) is 12.9. The van der Waals surface area contributed by atoms with E-state index in [4.69, 9.17) is 12.2 Å². The fourth-order valence-corrected chi connectivity index (χ4v) is 3.40. The number of H-pyrrole nitrogens is 1. The molecule has 3 nitrogen and oxygen atoms in total. The van der Waals surface area contributed by atoms with Gasteiger partial charge in [-0.05, 0) is 67.0 Å². The number of pyridine rings is 1. The monoisotopic (exact) mass is 289 g/mol. The van der Waals surface area contributed by atoms with Crippen molar-refractivity contribution in [3.63, 3.8) is 0 Å². The largest absolute Gasteiger partial charge is 0.329 e. The molecule has 3 aromatic heterocycles. The highest BCUT2D eigenvalue weighted by Gasteiger charge is 2.13. The number of nitrogens with zero attached hydrogens (tertiary/aromatic N) is 2. The first-order valence-electron chi connectivity index (χ1n) is 6.24. The fraction of sp³-hybridized carbons (Fsp3) is 0.286. The van der Waals surface area contributed by atoms with Crippen molar-refractivity contribution in [1.29, 1.82) is 0 Å². The van der Waals surface area contributed by atoms with Crippen LogP contribution >= 0.6 is 23.6 Å². The van der Waals surface area contributed by atoms with Crippen LogP contribution in [0, 0.1) is 11.7 Å². The molecule has 0 bridgehead atoms. The standard InChI is InChI=1S/C14H15N3S2/c1-9-3-4-12-13(15-9)17(14(18)16-12)10(2)7-11-5-6-19-8-11/h3-6,8,10H,7H2,1-2H3,(H,16,18). The van der Waals surface area contributed by atoms with E-state index in [1.165, 1.54) is 5.56 Å². The second kappa shape index (κ2) is 4.90. The summed E-state index contributed by atoms with van der Waals surface area (Å²) in [6.45, 7) is 4.19. The molecule has 1 unspecified atom stereocenters. The summed E-state index contributed by atoms with van der Waals surface area (Å²) in [5, 5.41) is 4.30. The Labute approximate surface area is 120 Å². The quantitative estimate of drug-likeness (QED) is 0.731. The predicted molar refractivity (Wildman–Crippen MR) is 82.4 cm³/mol. The smallest absolute Gasteiger partial charge is 0.179 e. The summed E-state index contributed by atoms with van der Waals surface area (Å²) in [7, 11) is 0. The van der Waals surface area contributed by atoms with Gasteiger partial charge in [0.25, 0.3) is 0 Å². The lowest BCUT2D eigenvalue weighted by atomic mass is 10.1. The second-order valence-electron chi connectivity index (χ2n) is 4.81. The molecule has 0 amide bonds. The Balaban J connectivity index is 2.06. The van der Waals surface area contributed by atoms with Crippen molar-refractivity contribution >= 4 is 34.7 Å². The number of aromatic nitrogens is 3. The molecule has 0 saturated carbocycles. The number of imidazole rings is 1. The molecule has 0 aliphatic carbocycles. The molecule has 0 radical (unpaired) electrons.